The number of rotatable bonds is 6. The minimum atomic E-state index is -3.47. The Morgan fingerprint density at radius 2 is 1.66 bits per heavy atom. The normalized spacial score (nSPS) is 13.6. The molecule has 0 aliphatic rings. The van der Waals surface area contributed by atoms with Gasteiger partial charge in [0.25, 0.3) is 5.91 Å². The number of primary amides is 1. The molecular formula is C24H23N3O4S. The number of hydrogen-bond acceptors (Lipinski definition) is 4. The van der Waals surface area contributed by atoms with Crippen molar-refractivity contribution in [3.8, 4) is 5.69 Å². The van der Waals surface area contributed by atoms with Gasteiger partial charge in [-0.05, 0) is 48.4 Å². The molecule has 4 N–H and O–H groups in total. The second-order valence-corrected chi connectivity index (χ2v) is 9.61. The van der Waals surface area contributed by atoms with Gasteiger partial charge in [-0.2, -0.15) is 0 Å². The summed E-state index contributed by atoms with van der Waals surface area (Å²) in [6.07, 6.45) is 1.07. The van der Waals surface area contributed by atoms with E-state index in [4.69, 9.17) is 5.73 Å². The molecular weight excluding hydrogens is 426 g/mol. The molecule has 32 heavy (non-hydrogen) atoms. The van der Waals surface area contributed by atoms with Crippen LogP contribution >= 0.6 is 0 Å². The molecule has 0 fully saturated rings. The smallest absolute Gasteiger partial charge is 0.265 e. The number of hydrogen-bond donors (Lipinski definition) is 3. The fourth-order valence-corrected chi connectivity index (χ4v) is 4.37. The Morgan fingerprint density at radius 1 is 0.969 bits per heavy atom. The number of aliphatic hydroxyl groups is 1. The molecule has 4 aromatic rings. The van der Waals surface area contributed by atoms with Gasteiger partial charge in [-0.3, -0.25) is 9.52 Å². The minimum Gasteiger partial charge on any atom is -0.381 e. The van der Waals surface area contributed by atoms with Crippen molar-refractivity contribution in [2.24, 2.45) is 5.73 Å². The van der Waals surface area contributed by atoms with Crippen molar-refractivity contribution in [1.29, 1.82) is 0 Å². The largest absolute Gasteiger partial charge is 0.381 e. The number of benzene rings is 3. The topological polar surface area (TPSA) is 114 Å². The molecule has 164 valence electrons. The van der Waals surface area contributed by atoms with Crippen LogP contribution in [0.4, 0.5) is 5.69 Å². The zero-order chi connectivity index (χ0) is 23.1. The lowest BCUT2D eigenvalue weighted by atomic mass is 9.88. The highest BCUT2D eigenvalue weighted by Crippen LogP contribution is 2.32. The highest BCUT2D eigenvalue weighted by Gasteiger charge is 2.26. The van der Waals surface area contributed by atoms with Crippen molar-refractivity contribution >= 4 is 32.5 Å². The number of nitrogens with two attached hydrogens (primary N) is 1. The van der Waals surface area contributed by atoms with E-state index in [-0.39, 0.29) is 5.69 Å². The molecule has 1 aromatic heterocycles. The van der Waals surface area contributed by atoms with Gasteiger partial charge in [0.2, 0.25) is 10.0 Å². The van der Waals surface area contributed by atoms with Crippen molar-refractivity contribution in [3.63, 3.8) is 0 Å². The summed E-state index contributed by atoms with van der Waals surface area (Å²) in [6.45, 7) is 1.71. The van der Waals surface area contributed by atoms with E-state index in [9.17, 15) is 18.3 Å². The Morgan fingerprint density at radius 3 is 2.31 bits per heavy atom. The summed E-state index contributed by atoms with van der Waals surface area (Å²) in [6, 6.07) is 23.1. The average molecular weight is 450 g/mol. The minimum absolute atomic E-state index is 0.244. The highest BCUT2D eigenvalue weighted by molar-refractivity contribution is 7.92. The Hall–Kier alpha value is -3.62. The van der Waals surface area contributed by atoms with Crippen LogP contribution in [-0.4, -0.2) is 30.3 Å². The Kier molecular flexibility index (Phi) is 5.28. The first-order valence-electron chi connectivity index (χ1n) is 9.88. The number of fused-ring (bicyclic) bond motifs is 1. The second-order valence-electron chi connectivity index (χ2n) is 7.87. The van der Waals surface area contributed by atoms with E-state index >= 15 is 0 Å². The second kappa shape index (κ2) is 7.81. The van der Waals surface area contributed by atoms with Crippen LogP contribution < -0.4 is 10.5 Å². The van der Waals surface area contributed by atoms with Crippen LogP contribution in [0.1, 0.15) is 28.5 Å². The molecule has 8 heteroatoms. The molecule has 0 radical (unpaired) electrons. The molecule has 0 saturated heterocycles. The summed E-state index contributed by atoms with van der Waals surface area (Å²) in [7, 11) is -3.47. The van der Waals surface area contributed by atoms with Crippen LogP contribution in [0.25, 0.3) is 16.6 Å². The number of aromatic nitrogens is 1. The number of sulfonamides is 1. The first-order chi connectivity index (χ1) is 15.1. The van der Waals surface area contributed by atoms with E-state index in [1.807, 2.05) is 36.4 Å². The molecule has 0 spiro atoms. The predicted molar refractivity (Wildman–Crippen MR) is 125 cm³/mol. The first kappa shape index (κ1) is 21.6. The maximum atomic E-state index is 12.2. The van der Waals surface area contributed by atoms with Crippen molar-refractivity contribution < 1.29 is 18.3 Å². The van der Waals surface area contributed by atoms with Crippen molar-refractivity contribution in [3.05, 3.63) is 95.7 Å². The molecule has 0 aliphatic heterocycles. The third kappa shape index (κ3) is 4.10. The quantitative estimate of drug-likeness (QED) is 0.419. The molecule has 4 rings (SSSR count). The fourth-order valence-electron chi connectivity index (χ4n) is 3.82. The van der Waals surface area contributed by atoms with E-state index in [2.05, 4.69) is 4.72 Å². The van der Waals surface area contributed by atoms with Gasteiger partial charge in [-0.15, -0.1) is 0 Å². The van der Waals surface area contributed by atoms with Gasteiger partial charge in [-0.1, -0.05) is 48.5 Å². The Balaban J connectivity index is 1.91. The van der Waals surface area contributed by atoms with Crippen LogP contribution in [0.5, 0.6) is 0 Å². The number of carbonyl (C=O) groups excluding carboxylic acids is 1. The molecule has 1 amide bonds. The summed E-state index contributed by atoms with van der Waals surface area (Å²) in [5, 5.41) is 12.0. The van der Waals surface area contributed by atoms with E-state index in [1.54, 1.807) is 54.0 Å². The monoisotopic (exact) mass is 449 g/mol. The standard InChI is InChI=1S/C24H23N3O4S/c1-24(29,17-7-4-3-5-8-17)18-9-6-10-20(14-18)27-21-15-19(26-32(2,30)31)12-11-16(21)13-22(27)23(25)28/h3-15,26,29H,1-2H3,(H2,25,28). The van der Waals surface area contributed by atoms with Crippen molar-refractivity contribution in [1.82, 2.24) is 4.57 Å². The summed E-state index contributed by atoms with van der Waals surface area (Å²) < 4.78 is 27.5. The van der Waals surface area contributed by atoms with E-state index in [0.717, 1.165) is 17.2 Å². The maximum absolute atomic E-state index is 12.2. The number of nitrogens with one attached hydrogen (secondary N) is 1. The van der Waals surface area contributed by atoms with E-state index < -0.39 is 21.5 Å². The summed E-state index contributed by atoms with van der Waals surface area (Å²) >= 11 is 0. The van der Waals surface area contributed by atoms with Crippen LogP contribution in [0.2, 0.25) is 0 Å². The third-order valence-corrected chi connectivity index (χ3v) is 5.97. The van der Waals surface area contributed by atoms with Gasteiger partial charge in [0.1, 0.15) is 11.3 Å². The molecule has 0 saturated carbocycles. The van der Waals surface area contributed by atoms with Crippen LogP contribution in [-0.2, 0) is 15.6 Å². The fraction of sp³-hybridized carbons (Fsp3) is 0.125. The number of amides is 1. The van der Waals surface area contributed by atoms with Crippen molar-refractivity contribution in [2.75, 3.05) is 11.0 Å². The zero-order valence-corrected chi connectivity index (χ0v) is 18.4. The summed E-state index contributed by atoms with van der Waals surface area (Å²) in [5.41, 5.74) is 7.56. The number of anilines is 1. The SMILES string of the molecule is CC(O)(c1ccccc1)c1cccc(-n2c(C(N)=O)cc3ccc(NS(C)(=O)=O)cc32)c1. The van der Waals surface area contributed by atoms with E-state index in [1.165, 1.54) is 0 Å². The van der Waals surface area contributed by atoms with Gasteiger partial charge in [0.05, 0.1) is 17.5 Å². The molecule has 1 atom stereocenters. The lowest BCUT2D eigenvalue weighted by Gasteiger charge is -2.25. The third-order valence-electron chi connectivity index (χ3n) is 5.36. The molecule has 1 unspecified atom stereocenters. The van der Waals surface area contributed by atoms with Gasteiger partial charge in [-0.25, -0.2) is 8.42 Å². The van der Waals surface area contributed by atoms with Crippen LogP contribution in [0.15, 0.2) is 78.9 Å². The zero-order valence-electron chi connectivity index (χ0n) is 17.6. The predicted octanol–water partition coefficient (Wildman–Crippen LogP) is 3.36. The van der Waals surface area contributed by atoms with Gasteiger partial charge < -0.3 is 15.4 Å². The molecule has 3 aromatic carbocycles. The van der Waals surface area contributed by atoms with Gasteiger partial charge in [0, 0.05) is 11.1 Å². The first-order valence-corrected chi connectivity index (χ1v) is 11.8. The molecule has 0 aliphatic carbocycles. The van der Waals surface area contributed by atoms with Gasteiger partial charge >= 0.3 is 0 Å². The van der Waals surface area contributed by atoms with Gasteiger partial charge in [0.15, 0.2) is 0 Å². The lowest BCUT2D eigenvalue weighted by molar-refractivity contribution is 0.0994. The number of carbonyl (C=O) groups is 1. The highest BCUT2D eigenvalue weighted by atomic mass is 32.2. The van der Waals surface area contributed by atoms with Crippen molar-refractivity contribution in [2.45, 2.75) is 12.5 Å². The van der Waals surface area contributed by atoms with Crippen LogP contribution in [0.3, 0.4) is 0 Å². The molecule has 1 heterocycles. The average Bonchev–Trinajstić information content (AvgIpc) is 3.12. The summed E-state index contributed by atoms with van der Waals surface area (Å²) in [4.78, 5) is 12.2. The van der Waals surface area contributed by atoms with E-state index in [0.29, 0.717) is 22.5 Å². The number of nitrogens with zero attached hydrogens (tertiary/aromatic N) is 1. The lowest BCUT2D eigenvalue weighted by Crippen LogP contribution is -2.23. The Labute approximate surface area is 186 Å². The summed E-state index contributed by atoms with van der Waals surface area (Å²) in [5.74, 6) is -0.626. The molecule has 0 bridgehead atoms. The van der Waals surface area contributed by atoms with Crippen LogP contribution in [0, 0.1) is 0 Å². The Bertz CT molecular complexity index is 1420. The molecule has 7 nitrogen and oxygen atoms in total. The maximum Gasteiger partial charge on any atom is 0.265 e.